The average Bonchev–Trinajstić information content (AvgIpc) is 3.49. The van der Waals surface area contributed by atoms with E-state index in [-0.39, 0.29) is 30.1 Å². The Hall–Kier alpha value is -1.86. The number of nitrogens with zero attached hydrogens (tertiary/aromatic N) is 2. The highest BCUT2D eigenvalue weighted by molar-refractivity contribution is 5.96. The van der Waals surface area contributed by atoms with Gasteiger partial charge >= 0.3 is 0 Å². The Bertz CT molecular complexity index is 814. The van der Waals surface area contributed by atoms with Gasteiger partial charge < -0.3 is 21.1 Å². The molecule has 2 aliphatic carbocycles. The maximum Gasteiger partial charge on any atom is 0.252 e. The van der Waals surface area contributed by atoms with Crippen molar-refractivity contribution in [3.8, 4) is 0 Å². The Morgan fingerprint density at radius 1 is 1.26 bits per heavy atom. The number of carbonyl (C=O) groups excluding carboxylic acids is 2. The summed E-state index contributed by atoms with van der Waals surface area (Å²) in [5, 5.41) is 13.7. The molecule has 1 saturated heterocycles. The van der Waals surface area contributed by atoms with E-state index in [9.17, 15) is 14.7 Å². The maximum absolute atomic E-state index is 13.2. The van der Waals surface area contributed by atoms with Gasteiger partial charge in [-0.3, -0.25) is 9.59 Å². The summed E-state index contributed by atoms with van der Waals surface area (Å²) >= 11 is 0. The van der Waals surface area contributed by atoms with Crippen LogP contribution in [0.1, 0.15) is 69.0 Å². The highest BCUT2D eigenvalue weighted by Crippen LogP contribution is 2.54. The first-order chi connectivity index (χ1) is 14.4. The number of aromatic nitrogens is 1. The van der Waals surface area contributed by atoms with Crippen LogP contribution in [0.25, 0.3) is 0 Å². The number of carbonyl (C=O) groups is 2. The molecule has 1 aromatic heterocycles. The van der Waals surface area contributed by atoms with E-state index in [1.54, 1.807) is 11.0 Å². The number of aryl methyl sites for hydroxylation is 1. The molecule has 0 bridgehead atoms. The number of rotatable bonds is 6. The van der Waals surface area contributed by atoms with Crippen molar-refractivity contribution in [2.75, 3.05) is 12.3 Å². The number of nitrogen functional groups attached to an aromatic ring is 1. The monoisotopic (exact) mass is 450 g/mol. The number of nitrogens with one attached hydrogen (secondary N) is 1. The van der Waals surface area contributed by atoms with Gasteiger partial charge in [0.05, 0.1) is 0 Å². The first-order valence-corrected chi connectivity index (χ1v) is 11.4. The molecule has 1 aliphatic heterocycles. The van der Waals surface area contributed by atoms with Crippen LogP contribution in [-0.4, -0.2) is 45.0 Å². The first-order valence-electron chi connectivity index (χ1n) is 11.4. The van der Waals surface area contributed by atoms with Gasteiger partial charge in [0.2, 0.25) is 5.91 Å². The molecule has 0 unspecified atom stereocenters. The average molecular weight is 451 g/mol. The molecular formula is C23H35ClN4O3. The molecule has 3 aliphatic rings. The zero-order chi connectivity index (χ0) is 21.3. The lowest BCUT2D eigenvalue weighted by atomic mass is 9.85. The van der Waals surface area contributed by atoms with Crippen LogP contribution in [0.5, 0.6) is 0 Å². The Labute approximate surface area is 190 Å². The third-order valence-electron chi connectivity index (χ3n) is 7.37. The molecule has 0 radical (unpaired) electrons. The number of pyridine rings is 1. The van der Waals surface area contributed by atoms with E-state index in [0.29, 0.717) is 37.7 Å². The Kier molecular flexibility index (Phi) is 7.47. The van der Waals surface area contributed by atoms with Gasteiger partial charge in [-0.05, 0) is 56.1 Å². The van der Waals surface area contributed by atoms with Gasteiger partial charge in [-0.15, -0.1) is 12.4 Å². The number of halogens is 1. The molecule has 8 heteroatoms. The van der Waals surface area contributed by atoms with Gasteiger partial charge in [-0.25, -0.2) is 4.98 Å². The van der Waals surface area contributed by atoms with Crippen LogP contribution in [0.4, 0.5) is 5.82 Å². The number of hydrogen-bond acceptors (Lipinski definition) is 5. The van der Waals surface area contributed by atoms with Crippen LogP contribution < -0.4 is 11.1 Å². The summed E-state index contributed by atoms with van der Waals surface area (Å²) in [4.78, 5) is 32.3. The molecule has 1 aromatic rings. The van der Waals surface area contributed by atoms with Gasteiger partial charge in [-0.2, -0.15) is 0 Å². The number of hydrogen-bond donors (Lipinski definition) is 3. The molecule has 172 valence electrons. The second-order valence-corrected chi connectivity index (χ2v) is 9.38. The molecule has 4 rings (SSSR count). The number of nitrogens with two attached hydrogens (primary N) is 1. The van der Waals surface area contributed by atoms with Crippen molar-refractivity contribution in [3.63, 3.8) is 0 Å². The molecule has 7 nitrogen and oxygen atoms in total. The molecule has 2 saturated carbocycles. The van der Waals surface area contributed by atoms with Crippen LogP contribution in [0, 0.1) is 18.8 Å². The molecule has 2 heterocycles. The van der Waals surface area contributed by atoms with Gasteiger partial charge in [-0.1, -0.05) is 38.2 Å². The smallest absolute Gasteiger partial charge is 0.252 e. The van der Waals surface area contributed by atoms with Crippen molar-refractivity contribution in [3.05, 3.63) is 23.4 Å². The summed E-state index contributed by atoms with van der Waals surface area (Å²) in [6.07, 6.45) is 7.86. The van der Waals surface area contributed by atoms with E-state index >= 15 is 0 Å². The minimum Gasteiger partial charge on any atom is -0.384 e. The van der Waals surface area contributed by atoms with Crippen LogP contribution in [0.15, 0.2) is 12.1 Å². The lowest BCUT2D eigenvalue weighted by molar-refractivity contribution is -0.151. The van der Waals surface area contributed by atoms with Crippen molar-refractivity contribution in [1.82, 2.24) is 15.2 Å². The Balaban J connectivity index is 0.00000272. The van der Waals surface area contributed by atoms with E-state index in [1.165, 1.54) is 19.3 Å². The molecule has 2 amide bonds. The predicted molar refractivity (Wildman–Crippen MR) is 121 cm³/mol. The number of likely N-dealkylation sites (tertiary alicyclic amines) is 1. The van der Waals surface area contributed by atoms with Gasteiger partial charge in [0.25, 0.3) is 5.91 Å². The zero-order valence-corrected chi connectivity index (χ0v) is 19.1. The summed E-state index contributed by atoms with van der Waals surface area (Å²) in [6, 6.07) is 3.60. The minimum absolute atomic E-state index is 0. The third kappa shape index (κ3) is 4.82. The minimum atomic E-state index is -0.999. The number of fused-ring (bicyclic) bond motifs is 1. The van der Waals surface area contributed by atoms with Gasteiger partial charge in [0, 0.05) is 18.8 Å². The maximum atomic E-state index is 13.2. The van der Waals surface area contributed by atoms with Gasteiger partial charge in [0.1, 0.15) is 17.5 Å². The fourth-order valence-corrected chi connectivity index (χ4v) is 5.53. The number of aliphatic hydroxyl groups excluding tert-OH is 1. The molecule has 3 atom stereocenters. The standard InChI is InChI=1S/C23H34N4O3.ClH/c1-15-17(9-10-20(24)26-15)14-25-22(30)23-13-18(23)8-5-11-27(23)21(29)19(28)12-16-6-3-2-4-7-16;/h9-10,16,18-19,28H,2-8,11-14H2,1H3,(H2,24,26)(H,25,30);1H/t18-,19-,23+;/m1./s1. The molecule has 3 fully saturated rings. The van der Waals surface area contributed by atoms with Crippen molar-refractivity contribution in [2.45, 2.75) is 82.9 Å². The number of piperidine rings is 1. The lowest BCUT2D eigenvalue weighted by Gasteiger charge is -2.37. The van der Waals surface area contributed by atoms with E-state index in [1.807, 2.05) is 13.0 Å². The highest BCUT2D eigenvalue weighted by Gasteiger charge is 2.66. The number of aliphatic hydroxyl groups is 1. The van der Waals surface area contributed by atoms with E-state index < -0.39 is 11.6 Å². The summed E-state index contributed by atoms with van der Waals surface area (Å²) in [5.41, 5.74) is 6.63. The topological polar surface area (TPSA) is 109 Å². The summed E-state index contributed by atoms with van der Waals surface area (Å²) < 4.78 is 0. The molecule has 4 N–H and O–H groups in total. The summed E-state index contributed by atoms with van der Waals surface area (Å²) in [6.45, 7) is 2.78. The van der Waals surface area contributed by atoms with Crippen LogP contribution >= 0.6 is 12.4 Å². The highest BCUT2D eigenvalue weighted by atomic mass is 35.5. The first kappa shape index (κ1) is 23.8. The van der Waals surface area contributed by atoms with Crippen LogP contribution in [-0.2, 0) is 16.1 Å². The fourth-order valence-electron chi connectivity index (χ4n) is 5.53. The number of anilines is 1. The van der Waals surface area contributed by atoms with E-state index in [0.717, 1.165) is 36.9 Å². The van der Waals surface area contributed by atoms with Crippen LogP contribution in [0.2, 0.25) is 0 Å². The molecule has 31 heavy (non-hydrogen) atoms. The van der Waals surface area contributed by atoms with Crippen molar-refractivity contribution < 1.29 is 14.7 Å². The second kappa shape index (κ2) is 9.74. The quantitative estimate of drug-likeness (QED) is 0.617. The van der Waals surface area contributed by atoms with E-state index in [2.05, 4.69) is 10.3 Å². The normalized spacial score (nSPS) is 26.4. The predicted octanol–water partition coefficient (Wildman–Crippen LogP) is 2.72. The lowest BCUT2D eigenvalue weighted by Crippen LogP contribution is -2.57. The van der Waals surface area contributed by atoms with Crippen molar-refractivity contribution >= 4 is 30.0 Å². The van der Waals surface area contributed by atoms with E-state index in [4.69, 9.17) is 5.73 Å². The molecule has 0 aromatic carbocycles. The Morgan fingerprint density at radius 2 is 2.00 bits per heavy atom. The molecule has 0 spiro atoms. The van der Waals surface area contributed by atoms with Crippen molar-refractivity contribution in [2.24, 2.45) is 11.8 Å². The Morgan fingerprint density at radius 3 is 2.71 bits per heavy atom. The second-order valence-electron chi connectivity index (χ2n) is 9.38. The van der Waals surface area contributed by atoms with Gasteiger partial charge in [0.15, 0.2) is 0 Å². The number of amides is 2. The molecular weight excluding hydrogens is 416 g/mol. The largest absolute Gasteiger partial charge is 0.384 e. The summed E-state index contributed by atoms with van der Waals surface area (Å²) in [5.74, 6) is 0.704. The fraction of sp³-hybridized carbons (Fsp3) is 0.696. The van der Waals surface area contributed by atoms with Crippen molar-refractivity contribution in [1.29, 1.82) is 0 Å². The SMILES string of the molecule is Cc1nc(N)ccc1CNC(=O)[C@]12C[C@H]1CCCN2C(=O)[C@H](O)CC1CCCCC1.Cl. The zero-order valence-electron chi connectivity index (χ0n) is 18.3. The van der Waals surface area contributed by atoms with Crippen LogP contribution in [0.3, 0.4) is 0 Å². The third-order valence-corrected chi connectivity index (χ3v) is 7.37. The summed E-state index contributed by atoms with van der Waals surface area (Å²) in [7, 11) is 0.